The van der Waals surface area contributed by atoms with Crippen molar-refractivity contribution in [2.75, 3.05) is 24.3 Å². The molecule has 3 N–H and O–H groups in total. The van der Waals surface area contributed by atoms with Crippen molar-refractivity contribution < 1.29 is 9.53 Å². The Morgan fingerprint density at radius 3 is 2.62 bits per heavy atom. The molecule has 0 unspecified atom stereocenters. The third kappa shape index (κ3) is 5.09. The topological polar surface area (TPSA) is 110 Å². The summed E-state index contributed by atoms with van der Waals surface area (Å²) in [4.78, 5) is 42.0. The minimum Gasteiger partial charge on any atom is -0.497 e. The molecule has 0 bridgehead atoms. The van der Waals surface area contributed by atoms with Crippen molar-refractivity contribution in [1.82, 2.24) is 9.55 Å². The summed E-state index contributed by atoms with van der Waals surface area (Å²) in [7, 11) is 1.51. The van der Waals surface area contributed by atoms with Crippen LogP contribution in [-0.2, 0) is 6.54 Å². The summed E-state index contributed by atoms with van der Waals surface area (Å²) in [5.74, 6) is 0.136. The Balaban J connectivity index is 2.66. The fourth-order valence-corrected chi connectivity index (χ4v) is 3.37. The number of nitrogen functional groups attached to an aromatic ring is 1. The van der Waals surface area contributed by atoms with E-state index in [0.29, 0.717) is 22.3 Å². The van der Waals surface area contributed by atoms with Gasteiger partial charge >= 0.3 is 5.69 Å². The van der Waals surface area contributed by atoms with Gasteiger partial charge in [0.1, 0.15) is 11.6 Å². The predicted octanol–water partition coefficient (Wildman–Crippen LogP) is 2.99. The molecule has 8 nitrogen and oxygen atoms in total. The lowest BCUT2D eigenvalue weighted by Crippen LogP contribution is -2.42. The molecular formula is C20H27BrN4O4. The van der Waals surface area contributed by atoms with Crippen molar-refractivity contribution in [2.24, 2.45) is 5.92 Å². The zero-order valence-corrected chi connectivity index (χ0v) is 18.7. The van der Waals surface area contributed by atoms with E-state index in [0.717, 1.165) is 12.8 Å². The Kier molecular flexibility index (Phi) is 7.66. The summed E-state index contributed by atoms with van der Waals surface area (Å²) < 4.78 is 7.09. The quantitative estimate of drug-likeness (QED) is 0.620. The molecule has 1 aromatic carbocycles. The lowest BCUT2D eigenvalue weighted by molar-refractivity contribution is 0.0982. The van der Waals surface area contributed by atoms with E-state index in [2.05, 4.69) is 20.9 Å². The summed E-state index contributed by atoms with van der Waals surface area (Å²) in [5, 5.41) is 0. The van der Waals surface area contributed by atoms with Gasteiger partial charge in [0, 0.05) is 17.6 Å². The molecule has 0 saturated carbocycles. The number of carbonyl (C=O) groups is 1. The van der Waals surface area contributed by atoms with E-state index < -0.39 is 17.2 Å². The number of unbranched alkanes of at least 4 members (excludes halogenated alkanes) is 1. The highest BCUT2D eigenvalue weighted by Crippen LogP contribution is 2.27. The van der Waals surface area contributed by atoms with Crippen LogP contribution in [0.15, 0.2) is 32.3 Å². The van der Waals surface area contributed by atoms with E-state index in [1.165, 1.54) is 16.6 Å². The van der Waals surface area contributed by atoms with E-state index in [-0.39, 0.29) is 24.0 Å². The van der Waals surface area contributed by atoms with E-state index in [1.807, 2.05) is 20.8 Å². The van der Waals surface area contributed by atoms with E-state index >= 15 is 0 Å². The first-order valence-electron chi connectivity index (χ1n) is 9.49. The first-order chi connectivity index (χ1) is 13.7. The number of halogens is 1. The normalized spacial score (nSPS) is 11.0. The van der Waals surface area contributed by atoms with Crippen molar-refractivity contribution in [3.63, 3.8) is 0 Å². The fourth-order valence-electron chi connectivity index (χ4n) is 2.96. The molecule has 0 saturated heterocycles. The van der Waals surface area contributed by atoms with Gasteiger partial charge in [-0.2, -0.15) is 0 Å². The fraction of sp³-hybridized carbons (Fsp3) is 0.450. The number of H-pyrrole nitrogens is 1. The second-order valence-corrected chi connectivity index (χ2v) is 8.01. The molecule has 0 aliphatic rings. The first kappa shape index (κ1) is 22.7. The highest BCUT2D eigenvalue weighted by molar-refractivity contribution is 9.10. The van der Waals surface area contributed by atoms with Crippen LogP contribution in [-0.4, -0.2) is 29.1 Å². The number of hydrogen-bond donors (Lipinski definition) is 2. The van der Waals surface area contributed by atoms with E-state index in [9.17, 15) is 14.4 Å². The van der Waals surface area contributed by atoms with Crippen LogP contribution >= 0.6 is 15.9 Å². The van der Waals surface area contributed by atoms with Gasteiger partial charge < -0.3 is 15.4 Å². The highest BCUT2D eigenvalue weighted by atomic mass is 79.9. The Labute approximate surface area is 177 Å². The second-order valence-electron chi connectivity index (χ2n) is 7.15. The molecule has 0 spiro atoms. The molecule has 9 heteroatoms. The van der Waals surface area contributed by atoms with Crippen LogP contribution in [0.1, 0.15) is 44.0 Å². The number of nitrogens with zero attached hydrogens (tertiary/aromatic N) is 2. The molecule has 2 rings (SSSR count). The van der Waals surface area contributed by atoms with Crippen LogP contribution in [0.4, 0.5) is 11.5 Å². The van der Waals surface area contributed by atoms with Gasteiger partial charge in [-0.25, -0.2) is 4.79 Å². The predicted molar refractivity (Wildman–Crippen MR) is 118 cm³/mol. The van der Waals surface area contributed by atoms with Crippen LogP contribution in [0.3, 0.4) is 0 Å². The molecule has 1 amide bonds. The molecule has 2 aromatic rings. The van der Waals surface area contributed by atoms with Gasteiger partial charge in [0.25, 0.3) is 11.5 Å². The van der Waals surface area contributed by atoms with Gasteiger partial charge in [0.15, 0.2) is 5.69 Å². The molecule has 1 aromatic heterocycles. The Bertz CT molecular complexity index is 997. The van der Waals surface area contributed by atoms with Gasteiger partial charge in [0.2, 0.25) is 0 Å². The molecule has 29 heavy (non-hydrogen) atoms. The summed E-state index contributed by atoms with van der Waals surface area (Å²) in [5.41, 5.74) is 5.27. The Morgan fingerprint density at radius 2 is 2.03 bits per heavy atom. The average molecular weight is 467 g/mol. The number of amides is 1. The van der Waals surface area contributed by atoms with Crippen molar-refractivity contribution in [3.8, 4) is 5.75 Å². The summed E-state index contributed by atoms with van der Waals surface area (Å²) in [6, 6.07) is 5.02. The number of carbonyl (C=O) groups excluding carboxylic acids is 1. The smallest absolute Gasteiger partial charge is 0.330 e. The number of nitrogens with two attached hydrogens (primary N) is 1. The number of methoxy groups -OCH3 is 1. The number of aromatic nitrogens is 2. The number of nitrogens with one attached hydrogen (secondary N) is 1. The molecule has 0 fully saturated rings. The molecular weight excluding hydrogens is 440 g/mol. The molecule has 1 heterocycles. The molecule has 0 aliphatic carbocycles. The molecule has 0 aliphatic heterocycles. The van der Waals surface area contributed by atoms with E-state index in [1.54, 1.807) is 18.2 Å². The maximum absolute atomic E-state index is 13.4. The highest BCUT2D eigenvalue weighted by Gasteiger charge is 2.27. The number of anilines is 2. The number of aromatic amines is 1. The van der Waals surface area contributed by atoms with Gasteiger partial charge in [0.05, 0.1) is 12.7 Å². The zero-order valence-electron chi connectivity index (χ0n) is 17.1. The minimum absolute atomic E-state index is 0.0137. The molecule has 158 valence electrons. The van der Waals surface area contributed by atoms with Crippen molar-refractivity contribution in [3.05, 3.63) is 49.1 Å². The molecule has 0 radical (unpaired) electrons. The zero-order chi connectivity index (χ0) is 21.7. The maximum Gasteiger partial charge on any atom is 0.330 e. The van der Waals surface area contributed by atoms with Gasteiger partial charge in [-0.05, 0) is 46.5 Å². The second kappa shape index (κ2) is 9.78. The van der Waals surface area contributed by atoms with Gasteiger partial charge in [-0.1, -0.05) is 27.2 Å². The van der Waals surface area contributed by atoms with Crippen LogP contribution in [0, 0.1) is 5.92 Å². The van der Waals surface area contributed by atoms with Gasteiger partial charge in [-0.15, -0.1) is 0 Å². The maximum atomic E-state index is 13.4. The van der Waals surface area contributed by atoms with Crippen molar-refractivity contribution in [1.29, 1.82) is 0 Å². The summed E-state index contributed by atoms with van der Waals surface area (Å²) in [6.45, 7) is 6.46. The number of rotatable bonds is 8. The van der Waals surface area contributed by atoms with Crippen molar-refractivity contribution in [2.45, 2.75) is 40.2 Å². The number of benzene rings is 1. The Morgan fingerprint density at radius 1 is 1.34 bits per heavy atom. The minimum atomic E-state index is -0.687. The van der Waals surface area contributed by atoms with E-state index in [4.69, 9.17) is 10.5 Å². The van der Waals surface area contributed by atoms with Crippen LogP contribution in [0.5, 0.6) is 5.75 Å². The lowest BCUT2D eigenvalue weighted by Gasteiger charge is -2.26. The molecule has 0 atom stereocenters. The largest absolute Gasteiger partial charge is 0.497 e. The SMILES string of the molecule is CCCCn1c(N)c(N(CC(C)C)C(=O)c2cc(OC)ccc2Br)c(=O)[nH]c1=O. The van der Waals surface area contributed by atoms with Gasteiger partial charge in [-0.3, -0.25) is 19.1 Å². The van der Waals surface area contributed by atoms with Crippen molar-refractivity contribution >= 4 is 33.3 Å². The number of hydrogen-bond acceptors (Lipinski definition) is 5. The van der Waals surface area contributed by atoms with Crippen LogP contribution in [0.25, 0.3) is 0 Å². The first-order valence-corrected chi connectivity index (χ1v) is 10.3. The van der Waals surface area contributed by atoms with Crippen LogP contribution in [0.2, 0.25) is 0 Å². The van der Waals surface area contributed by atoms with Crippen LogP contribution < -0.4 is 26.6 Å². The number of ether oxygens (including phenoxy) is 1. The summed E-state index contributed by atoms with van der Waals surface area (Å²) >= 11 is 3.39. The standard InChI is InChI=1S/C20H27BrN4O4/c1-5-6-9-24-17(22)16(18(26)23-20(24)28)25(11-12(2)3)19(27)14-10-13(29-4)7-8-15(14)21/h7-8,10,12H,5-6,9,11,22H2,1-4H3,(H,23,26,28). The Hall–Kier alpha value is -2.55. The lowest BCUT2D eigenvalue weighted by atomic mass is 10.1. The third-order valence-electron chi connectivity index (χ3n) is 4.42. The average Bonchev–Trinajstić information content (AvgIpc) is 2.66. The third-order valence-corrected chi connectivity index (χ3v) is 5.11. The summed E-state index contributed by atoms with van der Waals surface area (Å²) in [6.07, 6.45) is 1.57. The monoisotopic (exact) mass is 466 g/mol.